The van der Waals surface area contributed by atoms with E-state index < -0.39 is 0 Å². The second kappa shape index (κ2) is 7.52. The maximum atomic E-state index is 5.67. The molecule has 6 nitrogen and oxygen atoms in total. The zero-order valence-electron chi connectivity index (χ0n) is 15.9. The van der Waals surface area contributed by atoms with Crippen LogP contribution in [0.15, 0.2) is 60.9 Å². The number of rotatable bonds is 5. The second-order valence-electron chi connectivity index (χ2n) is 6.19. The first-order valence-electron chi connectivity index (χ1n) is 8.86. The van der Waals surface area contributed by atoms with E-state index >= 15 is 0 Å². The van der Waals surface area contributed by atoms with Gasteiger partial charge < -0.3 is 14.8 Å². The van der Waals surface area contributed by atoms with E-state index in [2.05, 4.69) is 21.4 Å². The van der Waals surface area contributed by atoms with E-state index in [-0.39, 0.29) is 0 Å². The molecule has 2 aromatic carbocycles. The molecular formula is C22H20N4O2. The number of nitrogens with zero attached hydrogens (tertiary/aromatic N) is 3. The predicted molar refractivity (Wildman–Crippen MR) is 111 cm³/mol. The molecule has 0 saturated carbocycles. The fraction of sp³-hybridized carbons (Fsp3) is 0.136. The van der Waals surface area contributed by atoms with Crippen molar-refractivity contribution in [2.24, 2.45) is 0 Å². The monoisotopic (exact) mass is 372 g/mol. The van der Waals surface area contributed by atoms with Crippen LogP contribution in [-0.4, -0.2) is 36.2 Å². The van der Waals surface area contributed by atoms with Crippen LogP contribution in [0.4, 0.5) is 5.82 Å². The van der Waals surface area contributed by atoms with Crippen LogP contribution in [0, 0.1) is 0 Å². The lowest BCUT2D eigenvalue weighted by atomic mass is 10.0. The molecule has 0 saturated heterocycles. The molecule has 0 aliphatic rings. The number of hydrogen-bond donors (Lipinski definition) is 1. The van der Waals surface area contributed by atoms with Gasteiger partial charge in [-0.1, -0.05) is 12.1 Å². The van der Waals surface area contributed by atoms with Gasteiger partial charge in [-0.15, -0.1) is 0 Å². The van der Waals surface area contributed by atoms with Gasteiger partial charge in [0.05, 0.1) is 14.2 Å². The number of benzene rings is 2. The van der Waals surface area contributed by atoms with Crippen LogP contribution in [0.2, 0.25) is 0 Å². The summed E-state index contributed by atoms with van der Waals surface area (Å²) in [5.41, 5.74) is 3.67. The van der Waals surface area contributed by atoms with Gasteiger partial charge in [-0.2, -0.15) is 0 Å². The van der Waals surface area contributed by atoms with Crippen molar-refractivity contribution in [3.8, 4) is 34.0 Å². The van der Waals surface area contributed by atoms with Gasteiger partial charge in [0.2, 0.25) is 0 Å². The number of aromatic nitrogens is 3. The van der Waals surface area contributed by atoms with E-state index in [0.717, 1.165) is 39.2 Å². The van der Waals surface area contributed by atoms with E-state index in [0.29, 0.717) is 11.6 Å². The van der Waals surface area contributed by atoms with Crippen LogP contribution in [0.1, 0.15) is 0 Å². The molecule has 0 amide bonds. The van der Waals surface area contributed by atoms with Crippen molar-refractivity contribution in [2.45, 2.75) is 0 Å². The number of anilines is 1. The van der Waals surface area contributed by atoms with Crippen LogP contribution >= 0.6 is 0 Å². The predicted octanol–water partition coefficient (Wildman–Crippen LogP) is 4.42. The van der Waals surface area contributed by atoms with Gasteiger partial charge >= 0.3 is 0 Å². The topological polar surface area (TPSA) is 69.2 Å². The lowest BCUT2D eigenvalue weighted by Gasteiger charge is -2.13. The van der Waals surface area contributed by atoms with Crippen molar-refractivity contribution in [1.82, 2.24) is 15.0 Å². The smallest absolute Gasteiger partial charge is 0.163 e. The first-order valence-corrected chi connectivity index (χ1v) is 8.86. The average molecular weight is 372 g/mol. The SMILES string of the molecule is CNc1nc(-c2cccnc2)nc2c(OC)cc(-c3ccc(OC)cc3)cc12. The molecule has 0 unspecified atom stereocenters. The van der Waals surface area contributed by atoms with Crippen LogP contribution < -0.4 is 14.8 Å². The summed E-state index contributed by atoms with van der Waals surface area (Å²) in [5, 5.41) is 4.07. The number of hydrogen-bond acceptors (Lipinski definition) is 6. The van der Waals surface area contributed by atoms with E-state index in [9.17, 15) is 0 Å². The van der Waals surface area contributed by atoms with Crippen molar-refractivity contribution in [3.63, 3.8) is 0 Å². The fourth-order valence-corrected chi connectivity index (χ4v) is 3.12. The van der Waals surface area contributed by atoms with E-state index in [1.165, 1.54) is 0 Å². The van der Waals surface area contributed by atoms with Gasteiger partial charge in [0, 0.05) is 30.4 Å². The van der Waals surface area contributed by atoms with E-state index in [1.807, 2.05) is 49.5 Å². The van der Waals surface area contributed by atoms with E-state index in [1.54, 1.807) is 26.6 Å². The van der Waals surface area contributed by atoms with Crippen LogP contribution in [0.3, 0.4) is 0 Å². The van der Waals surface area contributed by atoms with Crippen molar-refractivity contribution in [3.05, 3.63) is 60.9 Å². The number of methoxy groups -OCH3 is 2. The number of fused-ring (bicyclic) bond motifs is 1. The highest BCUT2D eigenvalue weighted by atomic mass is 16.5. The number of ether oxygens (including phenoxy) is 2. The van der Waals surface area contributed by atoms with Crippen molar-refractivity contribution in [1.29, 1.82) is 0 Å². The first-order chi connectivity index (χ1) is 13.7. The van der Waals surface area contributed by atoms with Crippen LogP contribution in [0.25, 0.3) is 33.4 Å². The number of pyridine rings is 1. The van der Waals surface area contributed by atoms with Gasteiger partial charge in [-0.05, 0) is 47.5 Å². The Morgan fingerprint density at radius 2 is 1.68 bits per heavy atom. The molecule has 140 valence electrons. The molecule has 0 radical (unpaired) electrons. The minimum absolute atomic E-state index is 0.598. The molecule has 4 aromatic rings. The molecule has 0 bridgehead atoms. The molecule has 0 aliphatic heterocycles. The maximum absolute atomic E-state index is 5.67. The molecule has 6 heteroatoms. The highest BCUT2D eigenvalue weighted by Gasteiger charge is 2.15. The minimum atomic E-state index is 0.598. The Kier molecular flexibility index (Phi) is 4.76. The summed E-state index contributed by atoms with van der Waals surface area (Å²) in [6.07, 6.45) is 3.48. The summed E-state index contributed by atoms with van der Waals surface area (Å²) in [4.78, 5) is 13.6. The van der Waals surface area contributed by atoms with Gasteiger partial charge in [-0.3, -0.25) is 4.98 Å². The Balaban J connectivity index is 1.92. The summed E-state index contributed by atoms with van der Waals surface area (Å²) in [5.74, 6) is 2.84. The molecule has 2 aromatic heterocycles. The average Bonchev–Trinajstić information content (AvgIpc) is 2.78. The maximum Gasteiger partial charge on any atom is 0.163 e. The Morgan fingerprint density at radius 1 is 0.857 bits per heavy atom. The molecular weight excluding hydrogens is 352 g/mol. The molecule has 0 aliphatic carbocycles. The van der Waals surface area contributed by atoms with E-state index in [4.69, 9.17) is 14.5 Å². The van der Waals surface area contributed by atoms with Gasteiger partial charge in [-0.25, -0.2) is 9.97 Å². The van der Waals surface area contributed by atoms with Crippen LogP contribution in [0.5, 0.6) is 11.5 Å². The largest absolute Gasteiger partial charge is 0.497 e. The van der Waals surface area contributed by atoms with Crippen molar-refractivity contribution in [2.75, 3.05) is 26.6 Å². The first kappa shape index (κ1) is 17.7. The number of nitrogens with one attached hydrogen (secondary N) is 1. The molecule has 28 heavy (non-hydrogen) atoms. The van der Waals surface area contributed by atoms with Gasteiger partial charge in [0.15, 0.2) is 5.82 Å². The van der Waals surface area contributed by atoms with Crippen LogP contribution in [-0.2, 0) is 0 Å². The molecule has 0 fully saturated rings. The molecule has 1 N–H and O–H groups in total. The molecule has 0 atom stereocenters. The van der Waals surface area contributed by atoms with Crippen molar-refractivity contribution < 1.29 is 9.47 Å². The summed E-state index contributed by atoms with van der Waals surface area (Å²) < 4.78 is 10.9. The van der Waals surface area contributed by atoms with Gasteiger partial charge in [0.1, 0.15) is 22.8 Å². The summed E-state index contributed by atoms with van der Waals surface area (Å²) in [6, 6.07) is 15.8. The zero-order chi connectivity index (χ0) is 19.5. The quantitative estimate of drug-likeness (QED) is 0.559. The van der Waals surface area contributed by atoms with Gasteiger partial charge in [0.25, 0.3) is 0 Å². The zero-order valence-corrected chi connectivity index (χ0v) is 15.9. The Hall–Kier alpha value is -3.67. The Morgan fingerprint density at radius 3 is 2.32 bits per heavy atom. The lowest BCUT2D eigenvalue weighted by Crippen LogP contribution is -2.01. The molecule has 0 spiro atoms. The summed E-state index contributed by atoms with van der Waals surface area (Å²) in [7, 11) is 5.16. The lowest BCUT2D eigenvalue weighted by molar-refractivity contribution is 0.415. The fourth-order valence-electron chi connectivity index (χ4n) is 3.12. The highest BCUT2D eigenvalue weighted by molar-refractivity contribution is 5.97. The minimum Gasteiger partial charge on any atom is -0.497 e. The Labute approximate surface area is 163 Å². The molecule has 4 rings (SSSR count). The molecule has 2 heterocycles. The van der Waals surface area contributed by atoms with Crippen molar-refractivity contribution >= 4 is 16.7 Å². The summed E-state index contributed by atoms with van der Waals surface area (Å²) in [6.45, 7) is 0. The third kappa shape index (κ3) is 3.20. The Bertz CT molecular complexity index is 1110. The third-order valence-corrected chi connectivity index (χ3v) is 4.57. The highest BCUT2D eigenvalue weighted by Crippen LogP contribution is 2.36. The second-order valence-corrected chi connectivity index (χ2v) is 6.19. The normalized spacial score (nSPS) is 10.7. The summed E-state index contributed by atoms with van der Waals surface area (Å²) >= 11 is 0. The standard InChI is InChI=1S/C22H20N4O2/c1-23-22-18-11-16(14-6-8-17(27-2)9-7-14)12-19(28-3)20(18)25-21(26-22)15-5-4-10-24-13-15/h4-13H,1-3H3,(H,23,25,26). The third-order valence-electron chi connectivity index (χ3n) is 4.57.